The lowest BCUT2D eigenvalue weighted by molar-refractivity contribution is -0.129. The Labute approximate surface area is 121 Å². The SMILES string of the molecule is C[C@H]1OC[C@H]1N(Cc1ccccc1)Cc1ccccc1. The molecule has 1 fully saturated rings. The third-order valence-corrected chi connectivity index (χ3v) is 4.00. The molecule has 0 N–H and O–H groups in total. The number of rotatable bonds is 5. The highest BCUT2D eigenvalue weighted by molar-refractivity contribution is 5.17. The molecule has 1 heterocycles. The number of ether oxygens (including phenoxy) is 1. The van der Waals surface area contributed by atoms with Gasteiger partial charge in [0.25, 0.3) is 0 Å². The Kier molecular flexibility index (Phi) is 4.14. The minimum atomic E-state index is 0.336. The van der Waals surface area contributed by atoms with Crippen molar-refractivity contribution in [3.05, 3.63) is 71.8 Å². The summed E-state index contributed by atoms with van der Waals surface area (Å²) in [4.78, 5) is 2.53. The molecule has 0 spiro atoms. The third-order valence-electron chi connectivity index (χ3n) is 4.00. The van der Waals surface area contributed by atoms with Crippen LogP contribution in [0.2, 0.25) is 0 Å². The van der Waals surface area contributed by atoms with Gasteiger partial charge in [-0.15, -0.1) is 0 Å². The number of hydrogen-bond donors (Lipinski definition) is 0. The van der Waals surface area contributed by atoms with Crippen LogP contribution in [0, 0.1) is 0 Å². The van der Waals surface area contributed by atoms with Crippen LogP contribution in [0.5, 0.6) is 0 Å². The van der Waals surface area contributed by atoms with Crippen molar-refractivity contribution in [2.24, 2.45) is 0 Å². The van der Waals surface area contributed by atoms with E-state index in [0.29, 0.717) is 12.1 Å². The fraction of sp³-hybridized carbons (Fsp3) is 0.333. The van der Waals surface area contributed by atoms with E-state index in [2.05, 4.69) is 72.5 Å². The first-order valence-corrected chi connectivity index (χ1v) is 7.26. The molecule has 0 aromatic heterocycles. The van der Waals surface area contributed by atoms with Crippen LogP contribution in [0.15, 0.2) is 60.7 Å². The number of hydrogen-bond acceptors (Lipinski definition) is 2. The van der Waals surface area contributed by atoms with Gasteiger partial charge in [-0.05, 0) is 18.1 Å². The van der Waals surface area contributed by atoms with E-state index in [9.17, 15) is 0 Å². The summed E-state index contributed by atoms with van der Waals surface area (Å²) in [5.41, 5.74) is 2.73. The molecule has 0 aliphatic carbocycles. The minimum Gasteiger partial charge on any atom is -0.375 e. The van der Waals surface area contributed by atoms with Crippen LogP contribution in [0.3, 0.4) is 0 Å². The predicted molar refractivity (Wildman–Crippen MR) is 81.3 cm³/mol. The fourth-order valence-corrected chi connectivity index (χ4v) is 2.70. The molecular weight excluding hydrogens is 246 g/mol. The van der Waals surface area contributed by atoms with E-state index >= 15 is 0 Å². The van der Waals surface area contributed by atoms with E-state index in [4.69, 9.17) is 4.74 Å². The van der Waals surface area contributed by atoms with Crippen LogP contribution in [0.1, 0.15) is 18.1 Å². The second-order valence-corrected chi connectivity index (χ2v) is 5.48. The van der Waals surface area contributed by atoms with Crippen LogP contribution in [0.4, 0.5) is 0 Å². The van der Waals surface area contributed by atoms with Gasteiger partial charge in [-0.3, -0.25) is 4.90 Å². The lowest BCUT2D eigenvalue weighted by atomic mass is 10.0. The van der Waals surface area contributed by atoms with Crippen LogP contribution in [-0.2, 0) is 17.8 Å². The molecule has 2 heteroatoms. The predicted octanol–water partition coefficient (Wildman–Crippen LogP) is 3.48. The fourth-order valence-electron chi connectivity index (χ4n) is 2.70. The Hall–Kier alpha value is -1.64. The van der Waals surface area contributed by atoms with E-state index in [1.807, 2.05) is 0 Å². The zero-order valence-electron chi connectivity index (χ0n) is 11.9. The van der Waals surface area contributed by atoms with Gasteiger partial charge in [0.05, 0.1) is 18.8 Å². The maximum absolute atomic E-state index is 5.56. The van der Waals surface area contributed by atoms with Gasteiger partial charge in [0.1, 0.15) is 0 Å². The third kappa shape index (κ3) is 3.09. The Bertz CT molecular complexity index is 484. The molecule has 20 heavy (non-hydrogen) atoms. The average Bonchev–Trinajstić information content (AvgIpc) is 2.48. The summed E-state index contributed by atoms with van der Waals surface area (Å²) in [5, 5.41) is 0. The lowest BCUT2D eigenvalue weighted by Gasteiger charge is -2.42. The molecule has 1 aliphatic rings. The van der Waals surface area contributed by atoms with Gasteiger partial charge in [0, 0.05) is 13.1 Å². The first-order valence-electron chi connectivity index (χ1n) is 7.26. The van der Waals surface area contributed by atoms with Crippen molar-refractivity contribution in [1.82, 2.24) is 4.90 Å². The quantitative estimate of drug-likeness (QED) is 0.822. The smallest absolute Gasteiger partial charge is 0.0725 e. The standard InChI is InChI=1S/C18H21NO/c1-15-18(14-20-15)19(12-16-8-4-2-5-9-16)13-17-10-6-3-7-11-17/h2-11,15,18H,12-14H2,1H3/t15-,18-/m1/s1. The molecule has 1 saturated heterocycles. The monoisotopic (exact) mass is 267 g/mol. The molecule has 2 aromatic carbocycles. The summed E-state index contributed by atoms with van der Waals surface area (Å²) in [5.74, 6) is 0. The Balaban J connectivity index is 1.74. The van der Waals surface area contributed by atoms with Gasteiger partial charge >= 0.3 is 0 Å². The molecule has 2 aromatic rings. The first-order chi connectivity index (χ1) is 9.83. The Morgan fingerprint density at radius 2 is 1.40 bits per heavy atom. The lowest BCUT2D eigenvalue weighted by Crippen LogP contribution is -2.54. The molecule has 1 aliphatic heterocycles. The second kappa shape index (κ2) is 6.21. The minimum absolute atomic E-state index is 0.336. The summed E-state index contributed by atoms with van der Waals surface area (Å²) >= 11 is 0. The maximum Gasteiger partial charge on any atom is 0.0725 e. The molecule has 0 bridgehead atoms. The van der Waals surface area contributed by atoms with E-state index < -0.39 is 0 Å². The summed E-state index contributed by atoms with van der Waals surface area (Å²) < 4.78 is 5.56. The zero-order chi connectivity index (χ0) is 13.8. The van der Waals surface area contributed by atoms with Gasteiger partial charge in [0.15, 0.2) is 0 Å². The number of benzene rings is 2. The molecule has 0 saturated carbocycles. The number of nitrogens with zero attached hydrogens (tertiary/aromatic N) is 1. The molecule has 2 atom stereocenters. The van der Waals surface area contributed by atoms with Crippen molar-refractivity contribution in [3.63, 3.8) is 0 Å². The molecule has 104 valence electrons. The van der Waals surface area contributed by atoms with E-state index in [1.165, 1.54) is 11.1 Å². The van der Waals surface area contributed by atoms with Crippen LogP contribution in [0.25, 0.3) is 0 Å². The molecular formula is C18H21NO. The van der Waals surface area contributed by atoms with Gasteiger partial charge in [-0.25, -0.2) is 0 Å². The molecule has 3 rings (SSSR count). The van der Waals surface area contributed by atoms with Crippen molar-refractivity contribution >= 4 is 0 Å². The molecule has 0 amide bonds. The largest absolute Gasteiger partial charge is 0.375 e. The van der Waals surface area contributed by atoms with Crippen molar-refractivity contribution in [3.8, 4) is 0 Å². The highest BCUT2D eigenvalue weighted by Gasteiger charge is 2.33. The zero-order valence-corrected chi connectivity index (χ0v) is 11.9. The van der Waals surface area contributed by atoms with Crippen molar-refractivity contribution in [2.45, 2.75) is 32.2 Å². The van der Waals surface area contributed by atoms with Crippen molar-refractivity contribution in [1.29, 1.82) is 0 Å². The Morgan fingerprint density at radius 1 is 0.900 bits per heavy atom. The van der Waals surface area contributed by atoms with Crippen LogP contribution in [-0.4, -0.2) is 23.7 Å². The van der Waals surface area contributed by atoms with E-state index in [-0.39, 0.29) is 0 Å². The van der Waals surface area contributed by atoms with Gasteiger partial charge in [-0.2, -0.15) is 0 Å². The highest BCUT2D eigenvalue weighted by atomic mass is 16.5. The molecule has 2 nitrogen and oxygen atoms in total. The van der Waals surface area contributed by atoms with Crippen molar-refractivity contribution < 1.29 is 4.74 Å². The van der Waals surface area contributed by atoms with Gasteiger partial charge in [0.2, 0.25) is 0 Å². The highest BCUT2D eigenvalue weighted by Crippen LogP contribution is 2.23. The molecule has 0 unspecified atom stereocenters. The summed E-state index contributed by atoms with van der Waals surface area (Å²) in [7, 11) is 0. The summed E-state index contributed by atoms with van der Waals surface area (Å²) in [6.45, 7) is 4.97. The van der Waals surface area contributed by atoms with Crippen molar-refractivity contribution in [2.75, 3.05) is 6.61 Å². The van der Waals surface area contributed by atoms with Crippen LogP contribution >= 0.6 is 0 Å². The average molecular weight is 267 g/mol. The Morgan fingerprint density at radius 3 is 1.75 bits per heavy atom. The maximum atomic E-state index is 5.56. The summed E-state index contributed by atoms with van der Waals surface area (Å²) in [6.07, 6.45) is 0.336. The second-order valence-electron chi connectivity index (χ2n) is 5.48. The van der Waals surface area contributed by atoms with E-state index in [1.54, 1.807) is 0 Å². The van der Waals surface area contributed by atoms with Gasteiger partial charge < -0.3 is 4.74 Å². The first kappa shape index (κ1) is 13.3. The normalized spacial score (nSPS) is 21.7. The van der Waals surface area contributed by atoms with Crippen LogP contribution < -0.4 is 0 Å². The molecule has 0 radical (unpaired) electrons. The van der Waals surface area contributed by atoms with E-state index in [0.717, 1.165) is 19.7 Å². The summed E-state index contributed by atoms with van der Waals surface area (Å²) in [6, 6.07) is 21.9. The van der Waals surface area contributed by atoms with Gasteiger partial charge in [-0.1, -0.05) is 60.7 Å². The topological polar surface area (TPSA) is 12.5 Å².